The van der Waals surface area contributed by atoms with Crippen LogP contribution in [0.3, 0.4) is 0 Å². The van der Waals surface area contributed by atoms with Crippen LogP contribution in [-0.2, 0) is 4.79 Å². The zero-order chi connectivity index (χ0) is 20.7. The summed E-state index contributed by atoms with van der Waals surface area (Å²) in [7, 11) is 0. The molecule has 3 aliphatic carbocycles. The number of benzene rings is 1. The molecule has 0 bridgehead atoms. The van der Waals surface area contributed by atoms with E-state index in [1.807, 2.05) is 12.3 Å². The number of pyridine rings is 1. The van der Waals surface area contributed by atoms with Gasteiger partial charge < -0.3 is 5.32 Å². The number of fused-ring (bicyclic) bond motifs is 1. The lowest BCUT2D eigenvalue weighted by atomic mass is 9.52. The van der Waals surface area contributed by atoms with Gasteiger partial charge in [0.2, 0.25) is 5.91 Å². The number of hydrogen-bond donors (Lipinski definition) is 1. The van der Waals surface area contributed by atoms with Crippen molar-refractivity contribution in [3.8, 4) is 0 Å². The molecule has 1 aromatic carbocycles. The Kier molecular flexibility index (Phi) is 5.26. The van der Waals surface area contributed by atoms with Crippen LogP contribution in [0.25, 0.3) is 10.9 Å². The summed E-state index contributed by atoms with van der Waals surface area (Å²) in [4.78, 5) is 17.4. The molecule has 1 spiro atoms. The predicted octanol–water partition coefficient (Wildman–Crippen LogP) is 6.50. The number of aromatic nitrogens is 1. The lowest BCUT2D eigenvalue weighted by molar-refractivity contribution is -0.138. The van der Waals surface area contributed by atoms with Crippen LogP contribution in [0.5, 0.6) is 0 Å². The van der Waals surface area contributed by atoms with Crippen LogP contribution >= 0.6 is 15.9 Å². The lowest BCUT2D eigenvalue weighted by Crippen LogP contribution is -2.50. The molecule has 3 aliphatic rings. The topological polar surface area (TPSA) is 42.0 Å². The standard InChI is InChI=1S/C25H26BrFN2O/c26-17-2-1-3-19(14-17)29-24(30)22-8-12-25(22)10-6-16(7-11-25)20-9-13-28-23-5-4-18(27)15-21(20)23/h2,4-5,9,13-16,22H,1,3,6-8,10-12H2,(H,29,30). The van der Waals surface area contributed by atoms with E-state index in [0.717, 1.165) is 72.4 Å². The number of nitrogens with zero attached hydrogens (tertiary/aromatic N) is 1. The van der Waals surface area contributed by atoms with Crippen molar-refractivity contribution in [2.75, 3.05) is 0 Å². The molecule has 0 saturated heterocycles. The molecular formula is C25H26BrFN2O. The smallest absolute Gasteiger partial charge is 0.227 e. The van der Waals surface area contributed by atoms with E-state index in [1.165, 1.54) is 11.6 Å². The van der Waals surface area contributed by atoms with E-state index in [9.17, 15) is 9.18 Å². The number of halogens is 2. The number of nitrogens with one attached hydrogen (secondary N) is 1. The fourth-order valence-electron chi connectivity index (χ4n) is 5.71. The van der Waals surface area contributed by atoms with Gasteiger partial charge in [0.15, 0.2) is 0 Å². The summed E-state index contributed by atoms with van der Waals surface area (Å²) in [6, 6.07) is 6.91. The van der Waals surface area contributed by atoms with E-state index in [2.05, 4.69) is 38.4 Å². The highest BCUT2D eigenvalue weighted by atomic mass is 79.9. The van der Waals surface area contributed by atoms with E-state index in [0.29, 0.717) is 5.92 Å². The van der Waals surface area contributed by atoms with E-state index in [4.69, 9.17) is 0 Å². The molecule has 5 heteroatoms. The van der Waals surface area contributed by atoms with E-state index >= 15 is 0 Å². The van der Waals surface area contributed by atoms with Gasteiger partial charge in [-0.2, -0.15) is 0 Å². The van der Waals surface area contributed by atoms with Crippen LogP contribution in [0.1, 0.15) is 62.8 Å². The van der Waals surface area contributed by atoms with Crippen molar-refractivity contribution in [1.29, 1.82) is 0 Å². The third kappa shape index (κ3) is 3.62. The molecule has 1 heterocycles. The first-order chi connectivity index (χ1) is 14.5. The third-order valence-corrected chi connectivity index (χ3v) is 8.05. The Labute approximate surface area is 185 Å². The summed E-state index contributed by atoms with van der Waals surface area (Å²) in [5, 5.41) is 4.13. The summed E-state index contributed by atoms with van der Waals surface area (Å²) in [6.07, 6.45) is 14.2. The van der Waals surface area contributed by atoms with Crippen LogP contribution in [0.2, 0.25) is 0 Å². The molecule has 5 rings (SSSR count). The molecule has 0 aliphatic heterocycles. The van der Waals surface area contributed by atoms with Gasteiger partial charge in [-0.25, -0.2) is 4.39 Å². The summed E-state index contributed by atoms with van der Waals surface area (Å²) in [6.45, 7) is 0. The minimum atomic E-state index is -0.210. The van der Waals surface area contributed by atoms with Gasteiger partial charge in [0.25, 0.3) is 0 Å². The molecule has 156 valence electrons. The molecule has 2 aromatic rings. The van der Waals surface area contributed by atoms with E-state index < -0.39 is 0 Å². The maximum atomic E-state index is 13.8. The second-order valence-corrected chi connectivity index (χ2v) is 9.99. The summed E-state index contributed by atoms with van der Waals surface area (Å²) < 4.78 is 14.9. The van der Waals surface area contributed by atoms with Gasteiger partial charge in [0.1, 0.15) is 5.82 Å². The van der Waals surface area contributed by atoms with Crippen LogP contribution < -0.4 is 5.32 Å². The van der Waals surface area contributed by atoms with Crippen LogP contribution in [0.4, 0.5) is 4.39 Å². The molecule has 1 atom stereocenters. The molecular weight excluding hydrogens is 443 g/mol. The first-order valence-electron chi connectivity index (χ1n) is 11.0. The lowest BCUT2D eigenvalue weighted by Gasteiger charge is -2.52. The van der Waals surface area contributed by atoms with Gasteiger partial charge in [-0.05, 0) is 98.6 Å². The Hall–Kier alpha value is -2.01. The Morgan fingerprint density at radius 2 is 1.97 bits per heavy atom. The van der Waals surface area contributed by atoms with Gasteiger partial charge in [0.05, 0.1) is 5.52 Å². The van der Waals surface area contributed by atoms with Crippen molar-refractivity contribution in [3.05, 3.63) is 64.2 Å². The average Bonchev–Trinajstić information content (AvgIpc) is 2.72. The average molecular weight is 469 g/mol. The Balaban J connectivity index is 1.28. The van der Waals surface area contributed by atoms with Gasteiger partial charge in [0, 0.05) is 27.7 Å². The van der Waals surface area contributed by atoms with Crippen molar-refractivity contribution < 1.29 is 9.18 Å². The quantitative estimate of drug-likeness (QED) is 0.558. The van der Waals surface area contributed by atoms with Gasteiger partial charge in [-0.15, -0.1) is 0 Å². The minimum Gasteiger partial charge on any atom is -0.329 e. The van der Waals surface area contributed by atoms with Crippen molar-refractivity contribution in [2.24, 2.45) is 11.3 Å². The fourth-order valence-corrected chi connectivity index (χ4v) is 6.22. The Morgan fingerprint density at radius 1 is 1.17 bits per heavy atom. The second kappa shape index (κ2) is 7.92. The number of carbonyl (C=O) groups is 1. The van der Waals surface area contributed by atoms with E-state index in [1.54, 1.807) is 12.1 Å². The highest BCUT2D eigenvalue weighted by Gasteiger charge is 2.51. The third-order valence-electron chi connectivity index (χ3n) is 7.49. The highest BCUT2D eigenvalue weighted by molar-refractivity contribution is 9.11. The Morgan fingerprint density at radius 3 is 2.70 bits per heavy atom. The number of allylic oxidation sites excluding steroid dienone is 4. The number of hydrogen-bond acceptors (Lipinski definition) is 2. The molecule has 1 aromatic heterocycles. The number of rotatable bonds is 3. The zero-order valence-electron chi connectivity index (χ0n) is 17.0. The normalized spacial score (nSPS) is 28.6. The largest absolute Gasteiger partial charge is 0.329 e. The molecule has 1 unspecified atom stereocenters. The van der Waals surface area contributed by atoms with E-state index in [-0.39, 0.29) is 23.1 Å². The van der Waals surface area contributed by atoms with Gasteiger partial charge >= 0.3 is 0 Å². The molecule has 3 nitrogen and oxygen atoms in total. The SMILES string of the molecule is O=C(NC1=CC(Br)=CCC1)C1CCC12CCC(c1ccnc3ccc(F)cc13)CC2. The molecule has 1 amide bonds. The molecule has 1 N–H and O–H groups in total. The van der Waals surface area contributed by atoms with Crippen molar-refractivity contribution >= 4 is 32.7 Å². The first kappa shape index (κ1) is 19.9. The minimum absolute atomic E-state index is 0.121. The monoisotopic (exact) mass is 468 g/mol. The maximum Gasteiger partial charge on any atom is 0.227 e. The van der Waals surface area contributed by atoms with Crippen LogP contribution in [0, 0.1) is 17.2 Å². The van der Waals surface area contributed by atoms with Crippen molar-refractivity contribution in [3.63, 3.8) is 0 Å². The molecule has 2 saturated carbocycles. The summed E-state index contributed by atoms with van der Waals surface area (Å²) in [5.74, 6) is 0.521. The highest BCUT2D eigenvalue weighted by Crippen LogP contribution is 2.58. The predicted molar refractivity (Wildman–Crippen MR) is 121 cm³/mol. The fraction of sp³-hybridized carbons (Fsp3) is 0.440. The van der Waals surface area contributed by atoms with Gasteiger partial charge in [-0.3, -0.25) is 9.78 Å². The first-order valence-corrected chi connectivity index (χ1v) is 11.7. The number of amides is 1. The second-order valence-electron chi connectivity index (χ2n) is 9.08. The maximum absolute atomic E-state index is 13.8. The number of carbonyl (C=O) groups excluding carboxylic acids is 1. The van der Waals surface area contributed by atoms with Crippen molar-refractivity contribution in [1.82, 2.24) is 10.3 Å². The molecule has 2 fully saturated rings. The van der Waals surface area contributed by atoms with Crippen LogP contribution in [-0.4, -0.2) is 10.9 Å². The summed E-state index contributed by atoms with van der Waals surface area (Å²) >= 11 is 3.51. The molecule has 0 radical (unpaired) electrons. The zero-order valence-corrected chi connectivity index (χ0v) is 18.6. The van der Waals surface area contributed by atoms with Crippen molar-refractivity contribution in [2.45, 2.75) is 57.3 Å². The van der Waals surface area contributed by atoms with Gasteiger partial charge in [-0.1, -0.05) is 22.0 Å². The van der Waals surface area contributed by atoms with Crippen LogP contribution in [0.15, 0.2) is 52.8 Å². The molecule has 30 heavy (non-hydrogen) atoms. The Bertz CT molecular complexity index is 1050. The summed E-state index contributed by atoms with van der Waals surface area (Å²) in [5.41, 5.74) is 3.24.